The number of ether oxygens (including phenoxy) is 1. The predicted molar refractivity (Wildman–Crippen MR) is 113 cm³/mol. The van der Waals surface area contributed by atoms with Gasteiger partial charge in [-0.2, -0.15) is 0 Å². The molecule has 2 saturated heterocycles. The van der Waals surface area contributed by atoms with Gasteiger partial charge in [0.15, 0.2) is 4.34 Å². The van der Waals surface area contributed by atoms with Gasteiger partial charge >= 0.3 is 0 Å². The maximum absolute atomic E-state index is 13.1. The molecule has 0 spiro atoms. The molecule has 1 N–H and O–H groups in total. The van der Waals surface area contributed by atoms with E-state index < -0.39 is 0 Å². The Balaban J connectivity index is 1.21. The molecule has 1 aromatic carbocycles. The molecule has 2 aliphatic rings. The van der Waals surface area contributed by atoms with Gasteiger partial charge in [-0.15, -0.1) is 10.2 Å². The normalized spacial score (nSPS) is 19.6. The second-order valence-electron chi connectivity index (χ2n) is 7.03. The molecular formula is C19H24FN5O2S2. The molecule has 0 aliphatic carbocycles. The van der Waals surface area contributed by atoms with Crippen molar-refractivity contribution in [3.8, 4) is 0 Å². The fourth-order valence-electron chi connectivity index (χ4n) is 3.41. The molecule has 2 aliphatic heterocycles. The average Bonchev–Trinajstić information content (AvgIpc) is 3.44. The number of nitrogens with one attached hydrogen (secondary N) is 1. The van der Waals surface area contributed by atoms with E-state index in [1.807, 2.05) is 12.1 Å². The highest BCUT2D eigenvalue weighted by molar-refractivity contribution is 8.01. The summed E-state index contributed by atoms with van der Waals surface area (Å²) in [6, 6.07) is 6.61. The summed E-state index contributed by atoms with van der Waals surface area (Å²) in [7, 11) is 0. The fraction of sp³-hybridized carbons (Fsp3) is 0.526. The van der Waals surface area contributed by atoms with E-state index in [0.29, 0.717) is 12.3 Å². The number of hydrogen-bond donors (Lipinski definition) is 1. The van der Waals surface area contributed by atoms with Crippen LogP contribution in [0.5, 0.6) is 0 Å². The molecule has 1 unspecified atom stereocenters. The number of amides is 1. The summed E-state index contributed by atoms with van der Waals surface area (Å²) >= 11 is 2.93. The van der Waals surface area contributed by atoms with E-state index in [-0.39, 0.29) is 17.8 Å². The third kappa shape index (κ3) is 5.58. The lowest BCUT2D eigenvalue weighted by Crippen LogP contribution is -2.46. The first-order valence-corrected chi connectivity index (χ1v) is 11.6. The van der Waals surface area contributed by atoms with Crippen LogP contribution in [-0.2, 0) is 9.53 Å². The van der Waals surface area contributed by atoms with Crippen molar-refractivity contribution in [1.82, 2.24) is 15.5 Å². The van der Waals surface area contributed by atoms with E-state index in [4.69, 9.17) is 4.74 Å². The Morgan fingerprint density at radius 2 is 1.97 bits per heavy atom. The van der Waals surface area contributed by atoms with Crippen LogP contribution in [0.25, 0.3) is 0 Å². The van der Waals surface area contributed by atoms with Crippen LogP contribution >= 0.6 is 23.1 Å². The zero-order chi connectivity index (χ0) is 20.1. The summed E-state index contributed by atoms with van der Waals surface area (Å²) in [6.45, 7) is 4.73. The molecule has 0 bridgehead atoms. The zero-order valence-electron chi connectivity index (χ0n) is 16.1. The third-order valence-electron chi connectivity index (χ3n) is 5.02. The van der Waals surface area contributed by atoms with Crippen LogP contribution in [0.15, 0.2) is 28.6 Å². The maximum Gasteiger partial charge on any atom is 0.230 e. The number of nitrogens with zero attached hydrogens (tertiary/aromatic N) is 4. The van der Waals surface area contributed by atoms with Gasteiger partial charge in [-0.05, 0) is 37.1 Å². The Bertz CT molecular complexity index is 805. The summed E-state index contributed by atoms with van der Waals surface area (Å²) in [5.41, 5.74) is 1.04. The van der Waals surface area contributed by atoms with Crippen molar-refractivity contribution in [2.24, 2.45) is 0 Å². The van der Waals surface area contributed by atoms with E-state index in [9.17, 15) is 9.18 Å². The van der Waals surface area contributed by atoms with E-state index in [0.717, 1.165) is 60.8 Å². The second-order valence-corrected chi connectivity index (χ2v) is 9.21. The molecular weight excluding hydrogens is 413 g/mol. The highest BCUT2D eigenvalue weighted by atomic mass is 32.2. The highest BCUT2D eigenvalue weighted by Crippen LogP contribution is 2.29. The molecule has 1 atom stereocenters. The van der Waals surface area contributed by atoms with Gasteiger partial charge in [0, 0.05) is 45.0 Å². The minimum atomic E-state index is -0.216. The number of rotatable bonds is 7. The average molecular weight is 438 g/mol. The Morgan fingerprint density at radius 3 is 2.69 bits per heavy atom. The van der Waals surface area contributed by atoms with Crippen molar-refractivity contribution in [1.29, 1.82) is 0 Å². The van der Waals surface area contributed by atoms with Gasteiger partial charge in [0.2, 0.25) is 11.0 Å². The van der Waals surface area contributed by atoms with Crippen molar-refractivity contribution in [2.75, 3.05) is 54.9 Å². The van der Waals surface area contributed by atoms with Crippen molar-refractivity contribution in [2.45, 2.75) is 23.3 Å². The van der Waals surface area contributed by atoms with Crippen LogP contribution in [-0.4, -0.2) is 67.3 Å². The standard InChI is InChI=1S/C19H24FN5O2S2/c20-14-3-5-15(6-4-14)24-7-9-25(10-8-24)18-22-23-19(29-18)28-13-17(26)21-12-16-2-1-11-27-16/h3-6,16H,1-2,7-13H2,(H,21,26). The summed E-state index contributed by atoms with van der Waals surface area (Å²) in [5.74, 6) is 0.113. The van der Waals surface area contributed by atoms with E-state index in [1.54, 1.807) is 0 Å². The summed E-state index contributed by atoms with van der Waals surface area (Å²) in [6.07, 6.45) is 2.24. The minimum absolute atomic E-state index is 0.00448. The zero-order valence-corrected chi connectivity index (χ0v) is 17.7. The summed E-state index contributed by atoms with van der Waals surface area (Å²) in [5, 5.41) is 12.3. The largest absolute Gasteiger partial charge is 0.376 e. The Labute approximate surface area is 177 Å². The smallest absolute Gasteiger partial charge is 0.230 e. The lowest BCUT2D eigenvalue weighted by molar-refractivity contribution is -0.119. The van der Waals surface area contributed by atoms with Crippen LogP contribution < -0.4 is 15.1 Å². The van der Waals surface area contributed by atoms with Gasteiger partial charge in [0.1, 0.15) is 5.82 Å². The van der Waals surface area contributed by atoms with Gasteiger partial charge in [0.25, 0.3) is 0 Å². The molecule has 10 heteroatoms. The number of carbonyl (C=O) groups is 1. The molecule has 1 amide bonds. The van der Waals surface area contributed by atoms with E-state index >= 15 is 0 Å². The Kier molecular flexibility index (Phi) is 6.83. The number of piperazine rings is 1. The number of benzene rings is 1. The fourth-order valence-corrected chi connectivity index (χ4v) is 5.13. The van der Waals surface area contributed by atoms with E-state index in [1.165, 1.54) is 35.2 Å². The van der Waals surface area contributed by atoms with Crippen LogP contribution in [0.1, 0.15) is 12.8 Å². The quantitative estimate of drug-likeness (QED) is 0.667. The molecule has 1 aromatic heterocycles. The molecule has 0 radical (unpaired) electrons. The molecule has 0 saturated carbocycles. The van der Waals surface area contributed by atoms with Crippen LogP contribution in [0.2, 0.25) is 0 Å². The lowest BCUT2D eigenvalue weighted by Gasteiger charge is -2.35. The Hall–Kier alpha value is -1.91. The topological polar surface area (TPSA) is 70.6 Å². The predicted octanol–water partition coefficient (Wildman–Crippen LogP) is 2.39. The van der Waals surface area contributed by atoms with Crippen LogP contribution in [0.4, 0.5) is 15.2 Å². The molecule has 4 rings (SSSR count). The lowest BCUT2D eigenvalue weighted by atomic mass is 10.2. The minimum Gasteiger partial charge on any atom is -0.376 e. The van der Waals surface area contributed by atoms with Gasteiger partial charge in [-0.3, -0.25) is 4.79 Å². The highest BCUT2D eigenvalue weighted by Gasteiger charge is 2.21. The SMILES string of the molecule is O=C(CSc1nnc(N2CCN(c3ccc(F)cc3)CC2)s1)NCC1CCCO1. The van der Waals surface area contributed by atoms with Gasteiger partial charge in [-0.25, -0.2) is 4.39 Å². The Morgan fingerprint density at radius 1 is 1.21 bits per heavy atom. The molecule has 156 valence electrons. The molecule has 2 fully saturated rings. The number of carbonyl (C=O) groups excluding carboxylic acids is 1. The molecule has 2 aromatic rings. The van der Waals surface area contributed by atoms with Gasteiger partial charge < -0.3 is 19.9 Å². The van der Waals surface area contributed by atoms with Crippen molar-refractivity contribution >= 4 is 39.8 Å². The molecule has 29 heavy (non-hydrogen) atoms. The monoisotopic (exact) mass is 437 g/mol. The first kappa shape index (κ1) is 20.4. The summed E-state index contributed by atoms with van der Waals surface area (Å²) < 4.78 is 19.4. The maximum atomic E-state index is 13.1. The van der Waals surface area contributed by atoms with Gasteiger partial charge in [0.05, 0.1) is 11.9 Å². The summed E-state index contributed by atoms with van der Waals surface area (Å²) in [4.78, 5) is 16.5. The van der Waals surface area contributed by atoms with Gasteiger partial charge in [-0.1, -0.05) is 23.1 Å². The number of thioether (sulfide) groups is 1. The molecule has 7 nitrogen and oxygen atoms in total. The number of halogens is 1. The number of aromatic nitrogens is 2. The third-order valence-corrected chi connectivity index (χ3v) is 7.13. The van der Waals surface area contributed by atoms with Crippen molar-refractivity contribution < 1.29 is 13.9 Å². The first-order valence-electron chi connectivity index (χ1n) is 9.77. The number of anilines is 2. The molecule has 3 heterocycles. The second kappa shape index (κ2) is 9.73. The number of hydrogen-bond acceptors (Lipinski definition) is 8. The van der Waals surface area contributed by atoms with Crippen molar-refractivity contribution in [3.05, 3.63) is 30.1 Å². The first-order chi connectivity index (χ1) is 14.2. The van der Waals surface area contributed by atoms with Crippen molar-refractivity contribution in [3.63, 3.8) is 0 Å². The van der Waals surface area contributed by atoms with Crippen LogP contribution in [0, 0.1) is 5.82 Å². The van der Waals surface area contributed by atoms with Crippen LogP contribution in [0.3, 0.4) is 0 Å². The van der Waals surface area contributed by atoms with E-state index in [2.05, 4.69) is 25.3 Å².